The minimum atomic E-state index is -0.660. The number of pyridine rings is 1. The molecule has 1 amide bonds. The van der Waals surface area contributed by atoms with Crippen molar-refractivity contribution in [2.75, 3.05) is 25.1 Å². The van der Waals surface area contributed by atoms with E-state index in [1.54, 1.807) is 17.0 Å². The molecule has 1 fully saturated rings. The number of hydrogen-bond donors (Lipinski definition) is 2. The number of nitrogens with one attached hydrogen (secondary N) is 1. The Morgan fingerprint density at radius 1 is 1.31 bits per heavy atom. The molecule has 2 heterocycles. The van der Waals surface area contributed by atoms with Crippen molar-refractivity contribution in [3.05, 3.63) is 58.8 Å². The fourth-order valence-electron chi connectivity index (χ4n) is 3.15. The molecule has 1 aromatic heterocycles. The van der Waals surface area contributed by atoms with Crippen LogP contribution in [0.3, 0.4) is 0 Å². The van der Waals surface area contributed by atoms with Crippen molar-refractivity contribution >= 4 is 11.6 Å². The van der Waals surface area contributed by atoms with Crippen molar-refractivity contribution in [2.45, 2.75) is 18.5 Å². The third-order valence-electron chi connectivity index (χ3n) is 4.41. The van der Waals surface area contributed by atoms with E-state index in [9.17, 15) is 18.4 Å². The lowest BCUT2D eigenvalue weighted by atomic mass is 10.2. The summed E-state index contributed by atoms with van der Waals surface area (Å²) in [6, 6.07) is 8.19. The lowest BCUT2D eigenvalue weighted by Gasteiger charge is -2.21. The monoisotopic (exact) mass is 362 g/mol. The highest BCUT2D eigenvalue weighted by molar-refractivity contribution is 5.92. The van der Waals surface area contributed by atoms with Crippen LogP contribution < -0.4 is 16.6 Å². The number of amides is 1. The number of benzene rings is 1. The van der Waals surface area contributed by atoms with Crippen LogP contribution in [0.15, 0.2) is 47.4 Å². The van der Waals surface area contributed by atoms with Crippen LogP contribution in [0.5, 0.6) is 0 Å². The van der Waals surface area contributed by atoms with Gasteiger partial charge in [0.05, 0.1) is 17.9 Å². The average Bonchev–Trinajstić information content (AvgIpc) is 2.96. The number of rotatable bonds is 5. The van der Waals surface area contributed by atoms with E-state index in [-0.39, 0.29) is 29.9 Å². The zero-order chi connectivity index (χ0) is 18.7. The highest BCUT2D eigenvalue weighted by Crippen LogP contribution is 2.19. The summed E-state index contributed by atoms with van der Waals surface area (Å²) in [5, 5.41) is 2.48. The van der Waals surface area contributed by atoms with Crippen LogP contribution >= 0.6 is 0 Å². The maximum atomic E-state index is 14.3. The van der Waals surface area contributed by atoms with Crippen LogP contribution in [0.2, 0.25) is 0 Å². The summed E-state index contributed by atoms with van der Waals surface area (Å²) in [5.41, 5.74) is 5.87. The van der Waals surface area contributed by atoms with Crippen molar-refractivity contribution < 1.29 is 13.6 Å². The van der Waals surface area contributed by atoms with Gasteiger partial charge in [-0.25, -0.2) is 8.78 Å². The van der Waals surface area contributed by atoms with Gasteiger partial charge in [-0.1, -0.05) is 6.07 Å². The first-order chi connectivity index (χ1) is 12.5. The van der Waals surface area contributed by atoms with E-state index in [0.29, 0.717) is 18.7 Å². The number of hydrogen-bond acceptors (Lipinski definition) is 4. The lowest BCUT2D eigenvalue weighted by Crippen LogP contribution is -2.38. The third-order valence-corrected chi connectivity index (χ3v) is 4.41. The number of halogens is 2. The largest absolute Gasteiger partial charge is 0.326 e. The standard InChI is InChI=1S/C18H20F2N4O2/c19-9-14-7-12(21)10-23(14)11-17(25)22-16-5-4-13(8-15(16)20)24-6-2-1-3-18(24)26/h1-6,8,12,14H,7,9-11,21H2,(H,22,25)/t12-,14+/m1/s1. The SMILES string of the molecule is N[C@@H]1C[C@@H](CF)N(CC(=O)Nc2ccc(-n3ccccc3=O)cc2F)C1. The van der Waals surface area contributed by atoms with Gasteiger partial charge in [-0.15, -0.1) is 0 Å². The molecule has 1 saturated heterocycles. The first-order valence-corrected chi connectivity index (χ1v) is 8.31. The molecule has 1 aromatic carbocycles. The van der Waals surface area contributed by atoms with Crippen molar-refractivity contribution in [3.8, 4) is 5.69 Å². The van der Waals surface area contributed by atoms with E-state index in [4.69, 9.17) is 5.73 Å². The normalized spacial score (nSPS) is 20.3. The van der Waals surface area contributed by atoms with Gasteiger partial charge >= 0.3 is 0 Å². The predicted molar refractivity (Wildman–Crippen MR) is 94.6 cm³/mol. The van der Waals surface area contributed by atoms with Gasteiger partial charge in [-0.05, 0) is 24.6 Å². The molecule has 26 heavy (non-hydrogen) atoms. The fraction of sp³-hybridized carbons (Fsp3) is 0.333. The number of aromatic nitrogens is 1. The molecule has 0 saturated carbocycles. The zero-order valence-electron chi connectivity index (χ0n) is 14.1. The molecule has 2 atom stereocenters. The van der Waals surface area contributed by atoms with Crippen LogP contribution in [0.25, 0.3) is 5.69 Å². The molecule has 0 bridgehead atoms. The summed E-state index contributed by atoms with van der Waals surface area (Å²) in [6.45, 7) is -0.197. The molecule has 0 unspecified atom stereocenters. The molecule has 1 aliphatic heterocycles. The van der Waals surface area contributed by atoms with E-state index in [1.165, 1.54) is 35.0 Å². The molecule has 138 valence electrons. The lowest BCUT2D eigenvalue weighted by molar-refractivity contribution is -0.117. The van der Waals surface area contributed by atoms with E-state index >= 15 is 0 Å². The molecular formula is C18H20F2N4O2. The van der Waals surface area contributed by atoms with Crippen molar-refractivity contribution in [2.24, 2.45) is 5.73 Å². The van der Waals surface area contributed by atoms with Crippen molar-refractivity contribution in [1.82, 2.24) is 9.47 Å². The second kappa shape index (κ2) is 7.76. The van der Waals surface area contributed by atoms with Crippen LogP contribution in [0.4, 0.5) is 14.5 Å². The Morgan fingerprint density at radius 3 is 2.81 bits per heavy atom. The topological polar surface area (TPSA) is 80.4 Å². The Bertz CT molecular complexity index is 855. The van der Waals surface area contributed by atoms with Gasteiger partial charge in [0.2, 0.25) is 5.91 Å². The number of alkyl halides is 1. The van der Waals surface area contributed by atoms with Crippen molar-refractivity contribution in [1.29, 1.82) is 0 Å². The molecule has 1 aliphatic rings. The van der Waals surface area contributed by atoms with E-state index in [0.717, 1.165) is 0 Å². The Morgan fingerprint density at radius 2 is 2.12 bits per heavy atom. The van der Waals surface area contributed by atoms with Gasteiger partial charge < -0.3 is 11.1 Å². The second-order valence-corrected chi connectivity index (χ2v) is 6.35. The molecule has 8 heteroatoms. The third kappa shape index (κ3) is 3.97. The van der Waals surface area contributed by atoms with Crippen LogP contribution in [0.1, 0.15) is 6.42 Å². The van der Waals surface area contributed by atoms with Gasteiger partial charge in [0.1, 0.15) is 12.5 Å². The Kier molecular flexibility index (Phi) is 5.43. The summed E-state index contributed by atoms with van der Waals surface area (Å²) in [6.07, 6.45) is 2.03. The summed E-state index contributed by atoms with van der Waals surface area (Å²) < 4.78 is 28.6. The molecule has 6 nitrogen and oxygen atoms in total. The molecule has 2 aromatic rings. The van der Waals surface area contributed by atoms with Gasteiger partial charge in [-0.2, -0.15) is 0 Å². The van der Waals surface area contributed by atoms with Gasteiger partial charge in [0.25, 0.3) is 5.56 Å². The second-order valence-electron chi connectivity index (χ2n) is 6.35. The molecular weight excluding hydrogens is 342 g/mol. The molecule has 0 radical (unpaired) electrons. The van der Waals surface area contributed by atoms with Crippen molar-refractivity contribution in [3.63, 3.8) is 0 Å². The molecule has 0 aliphatic carbocycles. The highest BCUT2D eigenvalue weighted by atomic mass is 19.1. The zero-order valence-corrected chi connectivity index (χ0v) is 14.1. The predicted octanol–water partition coefficient (Wildman–Crippen LogP) is 1.29. The van der Waals surface area contributed by atoms with Gasteiger partial charge in [0.15, 0.2) is 0 Å². The smallest absolute Gasteiger partial charge is 0.255 e. The minimum Gasteiger partial charge on any atom is -0.326 e. The summed E-state index contributed by atoms with van der Waals surface area (Å²) >= 11 is 0. The maximum absolute atomic E-state index is 14.3. The Balaban J connectivity index is 1.69. The van der Waals surface area contributed by atoms with Gasteiger partial charge in [0, 0.05) is 37.0 Å². The summed E-state index contributed by atoms with van der Waals surface area (Å²) in [5.74, 6) is -1.10. The molecule has 3 N–H and O–H groups in total. The Hall–Kier alpha value is -2.58. The maximum Gasteiger partial charge on any atom is 0.255 e. The highest BCUT2D eigenvalue weighted by Gasteiger charge is 2.31. The first-order valence-electron chi connectivity index (χ1n) is 8.31. The van der Waals surface area contributed by atoms with Gasteiger partial charge in [-0.3, -0.25) is 19.1 Å². The molecule has 0 spiro atoms. The van der Waals surface area contributed by atoms with Crippen LogP contribution in [-0.2, 0) is 4.79 Å². The number of carbonyl (C=O) groups is 1. The average molecular weight is 362 g/mol. The van der Waals surface area contributed by atoms with E-state index < -0.39 is 18.4 Å². The number of nitrogens with two attached hydrogens (primary N) is 1. The van der Waals surface area contributed by atoms with E-state index in [2.05, 4.69) is 5.32 Å². The Labute approximate surface area is 149 Å². The number of anilines is 1. The van der Waals surface area contributed by atoms with Crippen LogP contribution in [0, 0.1) is 5.82 Å². The van der Waals surface area contributed by atoms with Crippen LogP contribution in [-0.4, -0.2) is 47.2 Å². The summed E-state index contributed by atoms with van der Waals surface area (Å²) in [4.78, 5) is 25.6. The first kappa shape index (κ1) is 18.2. The number of likely N-dealkylation sites (tertiary alicyclic amines) is 1. The van der Waals surface area contributed by atoms with E-state index in [1.807, 2.05) is 0 Å². The quantitative estimate of drug-likeness (QED) is 0.840. The fourth-order valence-corrected chi connectivity index (χ4v) is 3.15. The number of nitrogens with zero attached hydrogens (tertiary/aromatic N) is 2. The minimum absolute atomic E-state index is 0.00280. The molecule has 3 rings (SSSR count). The summed E-state index contributed by atoms with van der Waals surface area (Å²) in [7, 11) is 0. The number of carbonyl (C=O) groups excluding carboxylic acids is 1.